The average Bonchev–Trinajstić information content (AvgIpc) is 2.37. The van der Waals surface area contributed by atoms with Crippen molar-refractivity contribution in [2.24, 2.45) is 0 Å². The zero-order chi connectivity index (χ0) is 14.5. The summed E-state index contributed by atoms with van der Waals surface area (Å²) in [7, 11) is 2.12. The molecular weight excluding hydrogens is 230 g/mol. The molecule has 1 rings (SSSR count). The molecule has 0 fully saturated rings. The first kappa shape index (κ1) is 15.6. The molecule has 0 heterocycles. The van der Waals surface area contributed by atoms with Crippen molar-refractivity contribution in [3.8, 4) is 0 Å². The highest BCUT2D eigenvalue weighted by Gasteiger charge is 2.14. The molecule has 19 heavy (non-hydrogen) atoms. The Bertz CT molecular complexity index is 453. The summed E-state index contributed by atoms with van der Waals surface area (Å²) in [5, 5.41) is 0. The number of nitrogens with zero attached hydrogens (tertiary/aromatic N) is 1. The van der Waals surface area contributed by atoms with Gasteiger partial charge in [-0.25, -0.2) is 0 Å². The quantitative estimate of drug-likeness (QED) is 0.663. The Labute approximate surface area is 118 Å². The summed E-state index contributed by atoms with van der Waals surface area (Å²) < 4.78 is 0. The van der Waals surface area contributed by atoms with Gasteiger partial charge in [-0.15, -0.1) is 5.73 Å². The van der Waals surface area contributed by atoms with Crippen molar-refractivity contribution in [3.05, 3.63) is 47.3 Å². The van der Waals surface area contributed by atoms with Gasteiger partial charge in [0.1, 0.15) is 0 Å². The minimum absolute atomic E-state index is 0.211. The number of hydrogen-bond acceptors (Lipinski definition) is 1. The third-order valence-electron chi connectivity index (χ3n) is 3.32. The fraction of sp³-hybridized carbons (Fsp3) is 0.500. The molecule has 0 saturated heterocycles. The molecule has 0 aliphatic heterocycles. The molecule has 0 spiro atoms. The topological polar surface area (TPSA) is 3.24 Å². The second-order valence-electron chi connectivity index (χ2n) is 5.99. The highest BCUT2D eigenvalue weighted by Crippen LogP contribution is 2.26. The molecule has 0 bridgehead atoms. The lowest BCUT2D eigenvalue weighted by Crippen LogP contribution is -2.16. The summed E-state index contributed by atoms with van der Waals surface area (Å²) in [6.07, 6.45) is 4.19. The molecule has 0 aliphatic rings. The first-order valence-electron chi connectivity index (χ1n) is 7.14. The Balaban J connectivity index is 3.00. The zero-order valence-corrected chi connectivity index (χ0v) is 13.2. The summed E-state index contributed by atoms with van der Waals surface area (Å²) in [6, 6.07) is 8.86. The minimum atomic E-state index is 0.211. The fourth-order valence-corrected chi connectivity index (χ4v) is 2.08. The van der Waals surface area contributed by atoms with Crippen LogP contribution >= 0.6 is 0 Å². The van der Waals surface area contributed by atoms with Gasteiger partial charge in [-0.2, -0.15) is 0 Å². The van der Waals surface area contributed by atoms with Crippen LogP contribution in [0.5, 0.6) is 0 Å². The average molecular weight is 257 g/mol. The molecule has 0 radical (unpaired) electrons. The van der Waals surface area contributed by atoms with Crippen molar-refractivity contribution in [1.82, 2.24) is 0 Å². The van der Waals surface area contributed by atoms with Crippen molar-refractivity contribution in [2.75, 3.05) is 11.9 Å². The van der Waals surface area contributed by atoms with E-state index in [0.717, 1.165) is 12.8 Å². The van der Waals surface area contributed by atoms with Crippen LogP contribution in [-0.2, 0) is 5.41 Å². The van der Waals surface area contributed by atoms with Gasteiger partial charge in [-0.05, 0) is 42.5 Å². The number of hydrogen-bond donors (Lipinski definition) is 0. The summed E-state index contributed by atoms with van der Waals surface area (Å²) in [5.41, 5.74) is 7.40. The predicted molar refractivity (Wildman–Crippen MR) is 85.7 cm³/mol. The first-order chi connectivity index (χ1) is 8.90. The summed E-state index contributed by atoms with van der Waals surface area (Å²) in [6.45, 7) is 11.0. The van der Waals surface area contributed by atoms with Gasteiger partial charge >= 0.3 is 0 Å². The Morgan fingerprint density at radius 3 is 2.21 bits per heavy atom. The van der Waals surface area contributed by atoms with Crippen LogP contribution in [-0.4, -0.2) is 7.05 Å². The van der Waals surface area contributed by atoms with Gasteiger partial charge in [-0.1, -0.05) is 46.2 Å². The maximum Gasteiger partial charge on any atom is 0.0602 e. The van der Waals surface area contributed by atoms with Crippen LogP contribution in [0.25, 0.3) is 0 Å². The third kappa shape index (κ3) is 4.29. The van der Waals surface area contributed by atoms with Crippen LogP contribution < -0.4 is 4.90 Å². The molecule has 0 amide bonds. The monoisotopic (exact) mass is 257 g/mol. The van der Waals surface area contributed by atoms with Gasteiger partial charge in [-0.3, -0.25) is 0 Å². The van der Waals surface area contributed by atoms with Crippen LogP contribution in [0.15, 0.2) is 41.8 Å². The van der Waals surface area contributed by atoms with Gasteiger partial charge in [0.25, 0.3) is 0 Å². The van der Waals surface area contributed by atoms with Crippen LogP contribution in [0.3, 0.4) is 0 Å². The molecule has 0 unspecified atom stereocenters. The smallest absolute Gasteiger partial charge is 0.0602 e. The molecular formula is C18H27N. The number of rotatable bonds is 4. The Morgan fingerprint density at radius 2 is 1.79 bits per heavy atom. The van der Waals surface area contributed by atoms with Crippen molar-refractivity contribution in [1.29, 1.82) is 0 Å². The van der Waals surface area contributed by atoms with E-state index in [1.807, 2.05) is 13.0 Å². The van der Waals surface area contributed by atoms with Crippen molar-refractivity contribution >= 4 is 5.69 Å². The largest absolute Gasteiger partial charge is 0.342 e. The highest BCUT2D eigenvalue weighted by molar-refractivity contribution is 5.52. The van der Waals surface area contributed by atoms with Crippen LogP contribution in [0.1, 0.15) is 53.0 Å². The lowest BCUT2D eigenvalue weighted by Gasteiger charge is -2.23. The van der Waals surface area contributed by atoms with Crippen molar-refractivity contribution in [3.63, 3.8) is 0 Å². The summed E-state index contributed by atoms with van der Waals surface area (Å²) >= 11 is 0. The third-order valence-corrected chi connectivity index (χ3v) is 3.32. The van der Waals surface area contributed by atoms with Gasteiger partial charge < -0.3 is 4.90 Å². The molecule has 0 aliphatic carbocycles. The lowest BCUT2D eigenvalue weighted by molar-refractivity contribution is 0.590. The normalized spacial score (nSPS) is 10.8. The standard InChI is InChI=1S/C18H27N/c1-7-9-16(10-8-2)19(6)17-13-11-15(12-14-17)18(3,4)5/h7,11-14H,8,10H2,1-6H3. The van der Waals surface area contributed by atoms with Crippen molar-refractivity contribution in [2.45, 2.75) is 52.9 Å². The Hall–Kier alpha value is -1.46. The van der Waals surface area contributed by atoms with E-state index < -0.39 is 0 Å². The van der Waals surface area contributed by atoms with Gasteiger partial charge in [0.05, 0.1) is 5.70 Å². The molecule has 1 nitrogen and oxygen atoms in total. The molecule has 0 atom stereocenters. The van der Waals surface area contributed by atoms with E-state index in [1.165, 1.54) is 16.9 Å². The molecule has 1 heteroatoms. The Kier molecular flexibility index (Phi) is 5.44. The molecule has 0 aromatic heterocycles. The van der Waals surface area contributed by atoms with Gasteiger partial charge in [0.2, 0.25) is 0 Å². The van der Waals surface area contributed by atoms with Crippen molar-refractivity contribution < 1.29 is 0 Å². The SMILES string of the molecule is CC=C=C(CCC)N(C)c1ccc(C(C)(C)C)cc1. The summed E-state index contributed by atoms with van der Waals surface area (Å²) in [4.78, 5) is 2.23. The molecule has 0 N–H and O–H groups in total. The molecule has 0 saturated carbocycles. The molecule has 104 valence electrons. The fourth-order valence-electron chi connectivity index (χ4n) is 2.08. The highest BCUT2D eigenvalue weighted by atomic mass is 15.1. The second-order valence-corrected chi connectivity index (χ2v) is 5.99. The van der Waals surface area contributed by atoms with Crippen LogP contribution in [0, 0.1) is 0 Å². The van der Waals surface area contributed by atoms with Gasteiger partial charge in [0, 0.05) is 12.7 Å². The van der Waals surface area contributed by atoms with E-state index in [1.54, 1.807) is 0 Å². The molecule has 1 aromatic rings. The number of anilines is 1. The van der Waals surface area contributed by atoms with E-state index in [9.17, 15) is 0 Å². The van der Waals surface area contributed by atoms with Gasteiger partial charge in [0.15, 0.2) is 0 Å². The van der Waals surface area contributed by atoms with E-state index in [4.69, 9.17) is 0 Å². The predicted octanol–water partition coefficient (Wildman–Crippen LogP) is 5.28. The zero-order valence-electron chi connectivity index (χ0n) is 13.2. The maximum absolute atomic E-state index is 3.34. The van der Waals surface area contributed by atoms with Crippen LogP contribution in [0.2, 0.25) is 0 Å². The molecule has 1 aromatic carbocycles. The lowest BCUT2D eigenvalue weighted by atomic mass is 9.87. The second kappa shape index (κ2) is 6.63. The number of allylic oxidation sites excluding steroid dienone is 1. The van der Waals surface area contributed by atoms with E-state index in [0.29, 0.717) is 0 Å². The van der Waals surface area contributed by atoms with Crippen LogP contribution in [0.4, 0.5) is 5.69 Å². The number of benzene rings is 1. The summed E-state index contributed by atoms with van der Waals surface area (Å²) in [5.74, 6) is 0. The van der Waals surface area contributed by atoms with E-state index in [-0.39, 0.29) is 5.41 Å². The maximum atomic E-state index is 3.34. The first-order valence-corrected chi connectivity index (χ1v) is 7.14. The van der Waals surface area contributed by atoms with E-state index in [2.05, 4.69) is 69.6 Å². The van der Waals surface area contributed by atoms with E-state index >= 15 is 0 Å². The Morgan fingerprint density at radius 1 is 1.21 bits per heavy atom. The minimum Gasteiger partial charge on any atom is -0.342 e.